The Morgan fingerprint density at radius 3 is 2.43 bits per heavy atom. The number of ether oxygens (including phenoxy) is 1. The van der Waals surface area contributed by atoms with E-state index in [2.05, 4.69) is 4.90 Å². The molecule has 0 bridgehead atoms. The first-order valence-corrected chi connectivity index (χ1v) is 5.72. The van der Waals surface area contributed by atoms with Gasteiger partial charge in [0.2, 0.25) is 0 Å². The molecular weight excluding hydrogens is 178 g/mol. The van der Waals surface area contributed by atoms with Crippen LogP contribution in [0.25, 0.3) is 0 Å². The van der Waals surface area contributed by atoms with E-state index < -0.39 is 0 Å². The summed E-state index contributed by atoms with van der Waals surface area (Å²) in [6.45, 7) is 4.57. The molecule has 0 spiro atoms. The molecule has 2 rings (SSSR count). The fourth-order valence-electron chi connectivity index (χ4n) is 2.20. The van der Waals surface area contributed by atoms with Gasteiger partial charge in [0.25, 0.3) is 0 Å². The van der Waals surface area contributed by atoms with Gasteiger partial charge >= 0.3 is 5.97 Å². The topological polar surface area (TPSA) is 29.5 Å². The van der Waals surface area contributed by atoms with Crippen molar-refractivity contribution in [1.29, 1.82) is 0 Å². The quantitative estimate of drug-likeness (QED) is 0.641. The highest BCUT2D eigenvalue weighted by molar-refractivity contribution is 5.72. The first-order chi connectivity index (χ1) is 6.81. The third kappa shape index (κ3) is 2.27. The van der Waals surface area contributed by atoms with Crippen molar-refractivity contribution in [2.45, 2.75) is 38.6 Å². The van der Waals surface area contributed by atoms with Gasteiger partial charge in [0.15, 0.2) is 0 Å². The molecule has 0 unspecified atom stereocenters. The first-order valence-electron chi connectivity index (χ1n) is 5.72. The summed E-state index contributed by atoms with van der Waals surface area (Å²) in [6.07, 6.45) is 4.72. The number of rotatable bonds is 3. The molecule has 14 heavy (non-hydrogen) atoms. The number of likely N-dealkylation sites (tertiary alicyclic amines) is 1. The summed E-state index contributed by atoms with van der Waals surface area (Å²) in [5, 5.41) is 0. The molecule has 80 valence electrons. The number of hydrogen-bond acceptors (Lipinski definition) is 3. The Morgan fingerprint density at radius 2 is 1.93 bits per heavy atom. The van der Waals surface area contributed by atoms with Gasteiger partial charge in [-0.15, -0.1) is 0 Å². The van der Waals surface area contributed by atoms with Crippen molar-refractivity contribution in [2.75, 3.05) is 19.7 Å². The SMILES string of the molecule is CCOC(=O)C1CCN(C2CC2)CC1. The molecule has 1 heterocycles. The summed E-state index contributed by atoms with van der Waals surface area (Å²) in [5.41, 5.74) is 0. The zero-order valence-corrected chi connectivity index (χ0v) is 8.87. The smallest absolute Gasteiger partial charge is 0.309 e. The predicted molar refractivity (Wildman–Crippen MR) is 54.0 cm³/mol. The summed E-state index contributed by atoms with van der Waals surface area (Å²) < 4.78 is 5.04. The van der Waals surface area contributed by atoms with Crippen molar-refractivity contribution in [1.82, 2.24) is 4.90 Å². The number of carbonyl (C=O) groups excluding carboxylic acids is 1. The second-order valence-electron chi connectivity index (χ2n) is 4.29. The lowest BCUT2D eigenvalue weighted by atomic mass is 9.97. The predicted octanol–water partition coefficient (Wildman–Crippen LogP) is 1.42. The van der Waals surface area contributed by atoms with E-state index in [0.717, 1.165) is 32.0 Å². The lowest BCUT2D eigenvalue weighted by molar-refractivity contribution is -0.149. The molecule has 0 amide bonds. The van der Waals surface area contributed by atoms with E-state index in [1.54, 1.807) is 0 Å². The number of esters is 1. The molecule has 1 aliphatic heterocycles. The highest BCUT2D eigenvalue weighted by Gasteiger charge is 2.33. The summed E-state index contributed by atoms with van der Waals surface area (Å²) >= 11 is 0. The van der Waals surface area contributed by atoms with Crippen LogP contribution in [-0.2, 0) is 9.53 Å². The number of hydrogen-bond donors (Lipinski definition) is 0. The van der Waals surface area contributed by atoms with E-state index in [1.165, 1.54) is 12.8 Å². The maximum Gasteiger partial charge on any atom is 0.309 e. The van der Waals surface area contributed by atoms with E-state index in [-0.39, 0.29) is 11.9 Å². The Kier molecular flexibility index (Phi) is 3.06. The number of piperidine rings is 1. The molecule has 0 aromatic carbocycles. The standard InChI is InChI=1S/C11H19NO2/c1-2-14-11(13)9-5-7-12(8-6-9)10-3-4-10/h9-10H,2-8H2,1H3. The number of carbonyl (C=O) groups is 1. The highest BCUT2D eigenvalue weighted by atomic mass is 16.5. The average molecular weight is 197 g/mol. The van der Waals surface area contributed by atoms with Crippen LogP contribution in [0.5, 0.6) is 0 Å². The van der Waals surface area contributed by atoms with E-state index in [9.17, 15) is 4.79 Å². The van der Waals surface area contributed by atoms with Crippen LogP contribution in [-0.4, -0.2) is 36.6 Å². The molecule has 1 saturated heterocycles. The van der Waals surface area contributed by atoms with Gasteiger partial charge in [-0.3, -0.25) is 4.79 Å². The van der Waals surface area contributed by atoms with Crippen LogP contribution >= 0.6 is 0 Å². The van der Waals surface area contributed by atoms with Crippen LogP contribution in [0.1, 0.15) is 32.6 Å². The van der Waals surface area contributed by atoms with Gasteiger partial charge < -0.3 is 9.64 Å². The third-order valence-corrected chi connectivity index (χ3v) is 3.21. The molecule has 0 atom stereocenters. The van der Waals surface area contributed by atoms with E-state index in [4.69, 9.17) is 4.74 Å². The molecule has 0 N–H and O–H groups in total. The van der Waals surface area contributed by atoms with Gasteiger partial charge in [0, 0.05) is 6.04 Å². The van der Waals surface area contributed by atoms with Crippen molar-refractivity contribution in [3.8, 4) is 0 Å². The summed E-state index contributed by atoms with van der Waals surface area (Å²) in [4.78, 5) is 14.0. The van der Waals surface area contributed by atoms with Crippen LogP contribution in [0.4, 0.5) is 0 Å². The zero-order chi connectivity index (χ0) is 9.97. The van der Waals surface area contributed by atoms with Gasteiger partial charge in [0.05, 0.1) is 12.5 Å². The molecule has 1 saturated carbocycles. The van der Waals surface area contributed by atoms with Crippen molar-refractivity contribution < 1.29 is 9.53 Å². The maximum atomic E-state index is 11.4. The van der Waals surface area contributed by atoms with Crippen molar-refractivity contribution >= 4 is 5.97 Å². The Hall–Kier alpha value is -0.570. The lowest BCUT2D eigenvalue weighted by Gasteiger charge is -2.30. The Bertz CT molecular complexity index is 205. The van der Waals surface area contributed by atoms with Gasteiger partial charge in [-0.1, -0.05) is 0 Å². The largest absolute Gasteiger partial charge is 0.466 e. The average Bonchev–Trinajstić information content (AvgIpc) is 3.02. The fraction of sp³-hybridized carbons (Fsp3) is 0.909. The summed E-state index contributed by atoms with van der Waals surface area (Å²) in [6, 6.07) is 0.846. The van der Waals surface area contributed by atoms with Gasteiger partial charge in [-0.25, -0.2) is 0 Å². The minimum absolute atomic E-state index is 0.0166. The van der Waals surface area contributed by atoms with E-state index in [0.29, 0.717) is 6.61 Å². The number of nitrogens with zero attached hydrogens (tertiary/aromatic N) is 1. The van der Waals surface area contributed by atoms with Crippen molar-refractivity contribution in [3.05, 3.63) is 0 Å². The highest BCUT2D eigenvalue weighted by Crippen LogP contribution is 2.31. The summed E-state index contributed by atoms with van der Waals surface area (Å²) in [7, 11) is 0. The van der Waals surface area contributed by atoms with Crippen LogP contribution < -0.4 is 0 Å². The zero-order valence-electron chi connectivity index (χ0n) is 8.87. The lowest BCUT2D eigenvalue weighted by Crippen LogP contribution is -2.38. The molecule has 3 heteroatoms. The molecule has 0 aromatic heterocycles. The molecular formula is C11H19NO2. The van der Waals surface area contributed by atoms with Gasteiger partial charge in [-0.2, -0.15) is 0 Å². The normalized spacial score (nSPS) is 24.9. The Balaban J connectivity index is 1.74. The van der Waals surface area contributed by atoms with Crippen molar-refractivity contribution in [3.63, 3.8) is 0 Å². The second-order valence-corrected chi connectivity index (χ2v) is 4.29. The van der Waals surface area contributed by atoms with Gasteiger partial charge in [-0.05, 0) is 45.7 Å². The van der Waals surface area contributed by atoms with Crippen LogP contribution in [0.3, 0.4) is 0 Å². The fourth-order valence-corrected chi connectivity index (χ4v) is 2.20. The minimum atomic E-state index is 0.0166. The Labute approximate surface area is 85.4 Å². The molecule has 1 aliphatic carbocycles. The molecule has 0 radical (unpaired) electrons. The van der Waals surface area contributed by atoms with Crippen molar-refractivity contribution in [2.24, 2.45) is 5.92 Å². The minimum Gasteiger partial charge on any atom is -0.466 e. The van der Waals surface area contributed by atoms with Gasteiger partial charge in [0.1, 0.15) is 0 Å². The van der Waals surface area contributed by atoms with Crippen LogP contribution in [0.2, 0.25) is 0 Å². The molecule has 2 aliphatic rings. The molecule has 2 fully saturated rings. The Morgan fingerprint density at radius 1 is 1.29 bits per heavy atom. The third-order valence-electron chi connectivity index (χ3n) is 3.21. The van der Waals surface area contributed by atoms with Crippen LogP contribution in [0, 0.1) is 5.92 Å². The van der Waals surface area contributed by atoms with E-state index in [1.807, 2.05) is 6.92 Å². The molecule has 3 nitrogen and oxygen atoms in total. The van der Waals surface area contributed by atoms with Crippen LogP contribution in [0.15, 0.2) is 0 Å². The first kappa shape index (κ1) is 9.97. The van der Waals surface area contributed by atoms with E-state index >= 15 is 0 Å². The second kappa shape index (κ2) is 4.30. The monoisotopic (exact) mass is 197 g/mol. The molecule has 0 aromatic rings. The summed E-state index contributed by atoms with van der Waals surface area (Å²) in [5.74, 6) is 0.188. The maximum absolute atomic E-state index is 11.4.